The predicted octanol–water partition coefficient (Wildman–Crippen LogP) is 2.53. The second-order valence-corrected chi connectivity index (χ2v) is 7.30. The summed E-state index contributed by atoms with van der Waals surface area (Å²) < 4.78 is 11.9. The normalized spacial score (nSPS) is 17.6. The number of fused-ring (bicyclic) bond motifs is 1. The van der Waals surface area contributed by atoms with E-state index in [1.165, 1.54) is 0 Å². The Morgan fingerprint density at radius 3 is 2.71 bits per heavy atom. The Labute approximate surface area is 164 Å². The molecular weight excluding hydrogens is 356 g/mol. The molecule has 2 aromatic rings. The highest BCUT2D eigenvalue weighted by atomic mass is 16.7. The Morgan fingerprint density at radius 1 is 1.18 bits per heavy atom. The lowest BCUT2D eigenvalue weighted by atomic mass is 9.98. The van der Waals surface area contributed by atoms with Gasteiger partial charge in [0.1, 0.15) is 0 Å². The van der Waals surface area contributed by atoms with Gasteiger partial charge < -0.3 is 19.7 Å². The molecule has 2 heterocycles. The highest BCUT2D eigenvalue weighted by Crippen LogP contribution is 2.38. The molecule has 6 heteroatoms. The summed E-state index contributed by atoms with van der Waals surface area (Å²) in [5, 5.41) is 2.95. The molecular formula is C22H24N2O4. The zero-order valence-electron chi connectivity index (χ0n) is 16.2. The average molecular weight is 380 g/mol. The number of hydrogen-bond donors (Lipinski definition) is 1. The first-order valence-corrected chi connectivity index (χ1v) is 9.51. The second kappa shape index (κ2) is 7.37. The summed E-state index contributed by atoms with van der Waals surface area (Å²) in [7, 11) is 1.78. The van der Waals surface area contributed by atoms with Crippen molar-refractivity contribution in [3.8, 4) is 0 Å². The number of amides is 2. The molecule has 1 N–H and O–H groups in total. The van der Waals surface area contributed by atoms with E-state index in [0.717, 1.165) is 22.4 Å². The molecule has 2 aromatic carbocycles. The molecule has 0 radical (unpaired) electrons. The van der Waals surface area contributed by atoms with Gasteiger partial charge in [0.25, 0.3) is 5.91 Å². The van der Waals surface area contributed by atoms with Gasteiger partial charge in [-0.1, -0.05) is 23.8 Å². The quantitative estimate of drug-likeness (QED) is 0.866. The van der Waals surface area contributed by atoms with Gasteiger partial charge in [-0.15, -0.1) is 0 Å². The SMILES string of the molecule is Cc1cccc(C(=O)NCCC2(c3ccc4c(c3)CC(=O)N4C)OCCO2)c1. The summed E-state index contributed by atoms with van der Waals surface area (Å²) in [6.45, 7) is 3.38. The summed E-state index contributed by atoms with van der Waals surface area (Å²) >= 11 is 0. The Kier molecular flexibility index (Phi) is 4.91. The van der Waals surface area contributed by atoms with Gasteiger partial charge in [0.2, 0.25) is 5.91 Å². The third kappa shape index (κ3) is 3.41. The topological polar surface area (TPSA) is 67.9 Å². The first-order chi connectivity index (χ1) is 13.5. The van der Waals surface area contributed by atoms with Crippen molar-refractivity contribution in [1.82, 2.24) is 5.32 Å². The molecule has 1 fully saturated rings. The first-order valence-electron chi connectivity index (χ1n) is 9.51. The van der Waals surface area contributed by atoms with E-state index in [0.29, 0.717) is 38.2 Å². The van der Waals surface area contributed by atoms with Crippen LogP contribution in [0.5, 0.6) is 0 Å². The van der Waals surface area contributed by atoms with Crippen LogP contribution < -0.4 is 10.2 Å². The van der Waals surface area contributed by atoms with E-state index in [1.54, 1.807) is 18.0 Å². The Balaban J connectivity index is 1.48. The summed E-state index contributed by atoms with van der Waals surface area (Å²) in [5.41, 5.74) is 4.48. The van der Waals surface area contributed by atoms with Crippen LogP contribution in [-0.2, 0) is 26.5 Å². The summed E-state index contributed by atoms with van der Waals surface area (Å²) in [5.74, 6) is -0.919. The van der Waals surface area contributed by atoms with Crippen LogP contribution in [0.15, 0.2) is 42.5 Å². The van der Waals surface area contributed by atoms with Crippen molar-refractivity contribution < 1.29 is 19.1 Å². The van der Waals surface area contributed by atoms with E-state index in [-0.39, 0.29) is 11.8 Å². The van der Waals surface area contributed by atoms with Crippen LogP contribution in [0, 0.1) is 6.92 Å². The van der Waals surface area contributed by atoms with Gasteiger partial charge in [-0.2, -0.15) is 0 Å². The monoisotopic (exact) mass is 380 g/mol. The zero-order chi connectivity index (χ0) is 19.7. The van der Waals surface area contributed by atoms with E-state index in [4.69, 9.17) is 9.47 Å². The molecule has 0 aliphatic carbocycles. The Bertz CT molecular complexity index is 919. The van der Waals surface area contributed by atoms with Crippen molar-refractivity contribution in [3.05, 3.63) is 64.7 Å². The molecule has 1 saturated heterocycles. The second-order valence-electron chi connectivity index (χ2n) is 7.30. The van der Waals surface area contributed by atoms with E-state index >= 15 is 0 Å². The molecule has 146 valence electrons. The van der Waals surface area contributed by atoms with Crippen LogP contribution in [0.2, 0.25) is 0 Å². The number of ether oxygens (including phenoxy) is 2. The molecule has 0 spiro atoms. The highest BCUT2D eigenvalue weighted by molar-refractivity contribution is 6.01. The largest absolute Gasteiger partial charge is 0.352 e. The van der Waals surface area contributed by atoms with E-state index in [9.17, 15) is 9.59 Å². The summed E-state index contributed by atoms with van der Waals surface area (Å²) in [4.78, 5) is 26.0. The molecule has 28 heavy (non-hydrogen) atoms. The zero-order valence-corrected chi connectivity index (χ0v) is 16.2. The maximum absolute atomic E-state index is 12.4. The lowest BCUT2D eigenvalue weighted by Gasteiger charge is -2.28. The molecule has 0 bridgehead atoms. The van der Waals surface area contributed by atoms with Crippen LogP contribution in [0.1, 0.15) is 33.5 Å². The standard InChI is InChI=1S/C22H24N2O4/c1-15-4-3-5-16(12-15)21(26)23-9-8-22(27-10-11-28-22)18-6-7-19-17(13-18)14-20(25)24(19)2/h3-7,12-13H,8-11,14H2,1-2H3,(H,23,26). The smallest absolute Gasteiger partial charge is 0.251 e. The van der Waals surface area contributed by atoms with Crippen LogP contribution >= 0.6 is 0 Å². The van der Waals surface area contributed by atoms with Gasteiger partial charge >= 0.3 is 0 Å². The number of carbonyl (C=O) groups excluding carboxylic acids is 2. The van der Waals surface area contributed by atoms with Crippen molar-refractivity contribution in [2.45, 2.75) is 25.6 Å². The number of nitrogens with one attached hydrogen (secondary N) is 1. The minimum Gasteiger partial charge on any atom is -0.352 e. The fraction of sp³-hybridized carbons (Fsp3) is 0.364. The van der Waals surface area contributed by atoms with E-state index < -0.39 is 5.79 Å². The van der Waals surface area contributed by atoms with Crippen molar-refractivity contribution in [2.75, 3.05) is 31.7 Å². The molecule has 0 aromatic heterocycles. The Morgan fingerprint density at radius 2 is 1.96 bits per heavy atom. The van der Waals surface area contributed by atoms with Crippen LogP contribution in [0.3, 0.4) is 0 Å². The molecule has 0 atom stereocenters. The fourth-order valence-corrected chi connectivity index (χ4v) is 3.85. The lowest BCUT2D eigenvalue weighted by molar-refractivity contribution is -0.169. The number of aryl methyl sites for hydroxylation is 1. The van der Waals surface area contributed by atoms with Crippen LogP contribution in [-0.4, -0.2) is 38.6 Å². The van der Waals surface area contributed by atoms with Gasteiger partial charge in [-0.25, -0.2) is 0 Å². The molecule has 0 saturated carbocycles. The van der Waals surface area contributed by atoms with Gasteiger partial charge in [0.15, 0.2) is 5.79 Å². The minimum absolute atomic E-state index is 0.0832. The van der Waals surface area contributed by atoms with Crippen LogP contribution in [0.4, 0.5) is 5.69 Å². The lowest BCUT2D eigenvalue weighted by Crippen LogP contribution is -2.34. The number of hydrogen-bond acceptors (Lipinski definition) is 4. The number of carbonyl (C=O) groups is 2. The third-order valence-electron chi connectivity index (χ3n) is 5.37. The number of nitrogens with zero attached hydrogens (tertiary/aromatic N) is 1. The van der Waals surface area contributed by atoms with Gasteiger partial charge in [-0.3, -0.25) is 9.59 Å². The van der Waals surface area contributed by atoms with Crippen molar-refractivity contribution >= 4 is 17.5 Å². The van der Waals surface area contributed by atoms with Crippen molar-refractivity contribution in [3.63, 3.8) is 0 Å². The van der Waals surface area contributed by atoms with E-state index in [1.807, 2.05) is 43.3 Å². The van der Waals surface area contributed by atoms with E-state index in [2.05, 4.69) is 5.32 Å². The van der Waals surface area contributed by atoms with Crippen molar-refractivity contribution in [1.29, 1.82) is 0 Å². The van der Waals surface area contributed by atoms with Gasteiger partial charge in [0.05, 0.1) is 19.6 Å². The maximum atomic E-state index is 12.4. The molecule has 0 unspecified atom stereocenters. The number of anilines is 1. The number of rotatable bonds is 5. The van der Waals surface area contributed by atoms with Crippen molar-refractivity contribution in [2.24, 2.45) is 0 Å². The maximum Gasteiger partial charge on any atom is 0.251 e. The minimum atomic E-state index is -0.890. The number of benzene rings is 2. The first kappa shape index (κ1) is 18.7. The summed E-state index contributed by atoms with van der Waals surface area (Å²) in [6.07, 6.45) is 0.882. The van der Waals surface area contributed by atoms with Gasteiger partial charge in [-0.05, 0) is 36.8 Å². The summed E-state index contributed by atoms with van der Waals surface area (Å²) in [6, 6.07) is 13.4. The molecule has 2 aliphatic rings. The predicted molar refractivity (Wildman–Crippen MR) is 105 cm³/mol. The fourth-order valence-electron chi connectivity index (χ4n) is 3.85. The highest BCUT2D eigenvalue weighted by Gasteiger charge is 2.39. The van der Waals surface area contributed by atoms with Gasteiger partial charge in [0, 0.05) is 36.8 Å². The number of likely N-dealkylation sites (N-methyl/N-ethyl adjacent to an activating group) is 1. The van der Waals surface area contributed by atoms with Crippen LogP contribution in [0.25, 0.3) is 0 Å². The Hall–Kier alpha value is -2.70. The molecule has 4 rings (SSSR count). The average Bonchev–Trinajstić information content (AvgIpc) is 3.27. The molecule has 2 aliphatic heterocycles. The molecule has 6 nitrogen and oxygen atoms in total. The molecule has 2 amide bonds. The third-order valence-corrected chi connectivity index (χ3v) is 5.37.